The standard InChI is InChI=1S/C15H20N2O4/c1-10(11-6-7-11)17(2)15(20)16-12-4-3-5-13(8-12)21-9-14(18)19/h3-5,8,10-11H,6-7,9H2,1-2H3,(H,16,20)(H,18,19). The summed E-state index contributed by atoms with van der Waals surface area (Å²) < 4.78 is 5.08. The molecule has 1 fully saturated rings. The van der Waals surface area contributed by atoms with E-state index in [0.29, 0.717) is 17.4 Å². The maximum atomic E-state index is 12.1. The first kappa shape index (κ1) is 15.2. The lowest BCUT2D eigenvalue weighted by Crippen LogP contribution is -2.39. The molecule has 1 aromatic carbocycles. The van der Waals surface area contributed by atoms with Crippen LogP contribution >= 0.6 is 0 Å². The van der Waals surface area contributed by atoms with Crippen LogP contribution in [0.1, 0.15) is 19.8 Å². The van der Waals surface area contributed by atoms with Crippen LogP contribution in [0.4, 0.5) is 10.5 Å². The van der Waals surface area contributed by atoms with E-state index in [1.54, 1.807) is 36.2 Å². The Hall–Kier alpha value is -2.24. The molecular formula is C15H20N2O4. The molecule has 1 aromatic rings. The van der Waals surface area contributed by atoms with Crippen molar-refractivity contribution in [3.8, 4) is 5.75 Å². The van der Waals surface area contributed by atoms with Crippen LogP contribution in [0.5, 0.6) is 5.75 Å². The van der Waals surface area contributed by atoms with Gasteiger partial charge >= 0.3 is 12.0 Å². The Bertz CT molecular complexity index is 528. The largest absolute Gasteiger partial charge is 0.482 e. The molecule has 1 aliphatic rings. The number of urea groups is 1. The third-order valence-corrected chi connectivity index (χ3v) is 3.68. The van der Waals surface area contributed by atoms with E-state index in [-0.39, 0.29) is 12.1 Å². The molecule has 21 heavy (non-hydrogen) atoms. The zero-order valence-electron chi connectivity index (χ0n) is 12.2. The summed E-state index contributed by atoms with van der Waals surface area (Å²) in [5.74, 6) is -0.0264. The van der Waals surface area contributed by atoms with E-state index in [2.05, 4.69) is 5.32 Å². The Kier molecular flexibility index (Phi) is 4.67. The molecule has 0 aliphatic heterocycles. The summed E-state index contributed by atoms with van der Waals surface area (Å²) in [7, 11) is 1.78. The number of carboxylic acids is 1. The van der Waals surface area contributed by atoms with E-state index in [1.807, 2.05) is 6.92 Å². The minimum absolute atomic E-state index is 0.176. The lowest BCUT2D eigenvalue weighted by molar-refractivity contribution is -0.139. The smallest absolute Gasteiger partial charge is 0.341 e. The van der Waals surface area contributed by atoms with E-state index >= 15 is 0 Å². The monoisotopic (exact) mass is 292 g/mol. The minimum atomic E-state index is -1.04. The number of hydrogen-bond donors (Lipinski definition) is 2. The van der Waals surface area contributed by atoms with E-state index in [0.717, 1.165) is 0 Å². The molecule has 2 N–H and O–H groups in total. The van der Waals surface area contributed by atoms with Crippen molar-refractivity contribution in [2.75, 3.05) is 19.0 Å². The molecule has 6 heteroatoms. The van der Waals surface area contributed by atoms with Gasteiger partial charge in [-0.1, -0.05) is 6.07 Å². The first-order valence-electron chi connectivity index (χ1n) is 6.96. The number of ether oxygens (including phenoxy) is 1. The minimum Gasteiger partial charge on any atom is -0.482 e. The summed E-state index contributed by atoms with van der Waals surface area (Å²) >= 11 is 0. The summed E-state index contributed by atoms with van der Waals surface area (Å²) in [4.78, 5) is 24.3. The van der Waals surface area contributed by atoms with Crippen LogP contribution in [0.2, 0.25) is 0 Å². The van der Waals surface area contributed by atoms with Crippen LogP contribution in [0.25, 0.3) is 0 Å². The summed E-state index contributed by atoms with van der Waals surface area (Å²) in [6.45, 7) is 1.64. The molecule has 0 bridgehead atoms. The molecule has 2 rings (SSSR count). The molecule has 6 nitrogen and oxygen atoms in total. The molecule has 2 amide bonds. The molecule has 0 spiro atoms. The molecule has 1 unspecified atom stereocenters. The maximum absolute atomic E-state index is 12.1. The van der Waals surface area contributed by atoms with Crippen molar-refractivity contribution in [1.29, 1.82) is 0 Å². The van der Waals surface area contributed by atoms with E-state index in [4.69, 9.17) is 9.84 Å². The first-order valence-corrected chi connectivity index (χ1v) is 6.96. The Morgan fingerprint density at radius 1 is 1.48 bits per heavy atom. The van der Waals surface area contributed by atoms with Gasteiger partial charge in [-0.15, -0.1) is 0 Å². The molecule has 0 heterocycles. The van der Waals surface area contributed by atoms with Crippen molar-refractivity contribution >= 4 is 17.7 Å². The number of nitrogens with one attached hydrogen (secondary N) is 1. The molecular weight excluding hydrogens is 272 g/mol. The number of benzene rings is 1. The van der Waals surface area contributed by atoms with Crippen LogP contribution in [0.15, 0.2) is 24.3 Å². The normalized spacial score (nSPS) is 15.1. The van der Waals surface area contributed by atoms with Crippen molar-refractivity contribution in [2.45, 2.75) is 25.8 Å². The van der Waals surface area contributed by atoms with Gasteiger partial charge in [-0.25, -0.2) is 9.59 Å². The SMILES string of the molecule is CC(C1CC1)N(C)C(=O)Nc1cccc(OCC(=O)O)c1. The average Bonchev–Trinajstić information content (AvgIpc) is 3.28. The van der Waals surface area contributed by atoms with E-state index in [9.17, 15) is 9.59 Å². The Morgan fingerprint density at radius 3 is 2.81 bits per heavy atom. The van der Waals surface area contributed by atoms with Crippen LogP contribution in [0, 0.1) is 5.92 Å². The first-order chi connectivity index (χ1) is 9.97. The number of aliphatic carboxylic acids is 1. The van der Waals surface area contributed by atoms with Crippen molar-refractivity contribution in [3.63, 3.8) is 0 Å². The fraction of sp³-hybridized carbons (Fsp3) is 0.467. The molecule has 1 atom stereocenters. The van der Waals surface area contributed by atoms with Crippen LogP contribution in [-0.4, -0.2) is 41.7 Å². The van der Waals surface area contributed by atoms with E-state index < -0.39 is 12.6 Å². The van der Waals surface area contributed by atoms with E-state index in [1.165, 1.54) is 12.8 Å². The highest BCUT2D eigenvalue weighted by molar-refractivity contribution is 5.89. The summed E-state index contributed by atoms with van der Waals surface area (Å²) in [5.41, 5.74) is 0.581. The maximum Gasteiger partial charge on any atom is 0.341 e. The topological polar surface area (TPSA) is 78.9 Å². The van der Waals surface area contributed by atoms with Gasteiger partial charge in [-0.3, -0.25) is 0 Å². The van der Waals surface area contributed by atoms with Gasteiger partial charge in [0.25, 0.3) is 0 Å². The van der Waals surface area contributed by atoms with Gasteiger partial charge in [0.05, 0.1) is 0 Å². The second kappa shape index (κ2) is 6.47. The zero-order valence-corrected chi connectivity index (χ0v) is 12.2. The Labute approximate surface area is 123 Å². The van der Waals surface area contributed by atoms with Crippen molar-refractivity contribution in [3.05, 3.63) is 24.3 Å². The quantitative estimate of drug-likeness (QED) is 0.844. The lowest BCUT2D eigenvalue weighted by Gasteiger charge is -2.25. The van der Waals surface area contributed by atoms with Gasteiger partial charge < -0.3 is 20.1 Å². The molecule has 1 aliphatic carbocycles. The van der Waals surface area contributed by atoms with Crippen molar-refractivity contribution in [1.82, 2.24) is 4.90 Å². The Balaban J connectivity index is 1.93. The second-order valence-corrected chi connectivity index (χ2v) is 5.33. The van der Waals surface area contributed by atoms with Gasteiger partial charge in [0.1, 0.15) is 5.75 Å². The number of carboxylic acid groups (broad SMARTS) is 1. The van der Waals surface area contributed by atoms with Crippen LogP contribution in [0.3, 0.4) is 0 Å². The number of nitrogens with zero attached hydrogens (tertiary/aromatic N) is 1. The van der Waals surface area contributed by atoms with Gasteiger partial charge in [0.2, 0.25) is 0 Å². The fourth-order valence-corrected chi connectivity index (χ4v) is 2.10. The Morgan fingerprint density at radius 2 is 2.19 bits per heavy atom. The summed E-state index contributed by atoms with van der Waals surface area (Å²) in [6, 6.07) is 6.74. The van der Waals surface area contributed by atoms with Gasteiger partial charge in [0, 0.05) is 24.8 Å². The van der Waals surface area contributed by atoms with Gasteiger partial charge in [-0.2, -0.15) is 0 Å². The highest BCUT2D eigenvalue weighted by Gasteiger charge is 2.32. The third kappa shape index (κ3) is 4.37. The molecule has 0 saturated heterocycles. The van der Waals surface area contributed by atoms with Crippen LogP contribution < -0.4 is 10.1 Å². The van der Waals surface area contributed by atoms with Gasteiger partial charge in [-0.05, 0) is 37.8 Å². The number of rotatable bonds is 6. The van der Waals surface area contributed by atoms with Gasteiger partial charge in [0.15, 0.2) is 6.61 Å². The number of amides is 2. The number of anilines is 1. The van der Waals surface area contributed by atoms with Crippen molar-refractivity contribution < 1.29 is 19.4 Å². The molecule has 114 valence electrons. The molecule has 1 saturated carbocycles. The second-order valence-electron chi connectivity index (χ2n) is 5.33. The number of hydrogen-bond acceptors (Lipinski definition) is 3. The average molecular weight is 292 g/mol. The summed E-state index contributed by atoms with van der Waals surface area (Å²) in [6.07, 6.45) is 2.36. The predicted molar refractivity (Wildman–Crippen MR) is 78.5 cm³/mol. The van der Waals surface area contributed by atoms with Crippen LogP contribution in [-0.2, 0) is 4.79 Å². The number of carbonyl (C=O) groups excluding carboxylic acids is 1. The number of carbonyl (C=O) groups is 2. The summed E-state index contributed by atoms with van der Waals surface area (Å²) in [5, 5.41) is 11.4. The zero-order chi connectivity index (χ0) is 15.4. The fourth-order valence-electron chi connectivity index (χ4n) is 2.10. The van der Waals surface area contributed by atoms with Crippen molar-refractivity contribution in [2.24, 2.45) is 5.92 Å². The highest BCUT2D eigenvalue weighted by atomic mass is 16.5. The highest BCUT2D eigenvalue weighted by Crippen LogP contribution is 2.34. The molecule has 0 radical (unpaired) electrons. The third-order valence-electron chi connectivity index (χ3n) is 3.68. The molecule has 0 aromatic heterocycles. The lowest BCUT2D eigenvalue weighted by atomic mass is 10.2. The predicted octanol–water partition coefficient (Wildman–Crippen LogP) is 2.41.